The second-order valence-electron chi connectivity index (χ2n) is 3.03. The van der Waals surface area contributed by atoms with Crippen molar-refractivity contribution >= 4 is 37.4 Å². The zero-order valence-electron chi connectivity index (χ0n) is 7.67. The van der Waals surface area contributed by atoms with Crippen LogP contribution in [0.25, 0.3) is 10.1 Å². The zero-order valence-corrected chi connectivity index (χ0v) is 10.1. The maximum Gasteiger partial charge on any atom is 0.0995 e. The molecule has 0 radical (unpaired) electrons. The maximum absolute atomic E-state index is 8.96. The molecule has 0 unspecified atom stereocenters. The molecule has 0 fully saturated rings. The summed E-state index contributed by atoms with van der Waals surface area (Å²) < 4.78 is 2.36. The van der Waals surface area contributed by atoms with Gasteiger partial charge in [-0.25, -0.2) is 0 Å². The molecule has 1 aromatic carbocycles. The molecule has 0 aliphatic heterocycles. The molecule has 1 aromatic heterocycles. The van der Waals surface area contributed by atoms with Gasteiger partial charge in [-0.05, 0) is 45.4 Å². The SMILES string of the molecule is CCc1c(C#N)ccc2cc(Br)sc12. The van der Waals surface area contributed by atoms with E-state index < -0.39 is 0 Å². The van der Waals surface area contributed by atoms with Crippen molar-refractivity contribution in [1.82, 2.24) is 0 Å². The van der Waals surface area contributed by atoms with Gasteiger partial charge in [-0.2, -0.15) is 5.26 Å². The number of hydrogen-bond donors (Lipinski definition) is 0. The van der Waals surface area contributed by atoms with Gasteiger partial charge in [0.15, 0.2) is 0 Å². The van der Waals surface area contributed by atoms with Crippen molar-refractivity contribution in [2.75, 3.05) is 0 Å². The van der Waals surface area contributed by atoms with Crippen LogP contribution in [0.3, 0.4) is 0 Å². The Labute approximate surface area is 95.1 Å². The van der Waals surface area contributed by atoms with Gasteiger partial charge in [0, 0.05) is 4.70 Å². The highest BCUT2D eigenvalue weighted by molar-refractivity contribution is 9.11. The second kappa shape index (κ2) is 3.72. The van der Waals surface area contributed by atoms with E-state index in [1.54, 1.807) is 11.3 Å². The topological polar surface area (TPSA) is 23.8 Å². The van der Waals surface area contributed by atoms with Crippen molar-refractivity contribution in [2.45, 2.75) is 13.3 Å². The lowest BCUT2D eigenvalue weighted by Crippen LogP contribution is -1.86. The number of halogens is 1. The number of thiophene rings is 1. The highest BCUT2D eigenvalue weighted by atomic mass is 79.9. The predicted octanol–water partition coefficient (Wildman–Crippen LogP) is 4.10. The summed E-state index contributed by atoms with van der Waals surface area (Å²) in [7, 11) is 0. The van der Waals surface area contributed by atoms with Gasteiger partial charge >= 0.3 is 0 Å². The fourth-order valence-electron chi connectivity index (χ4n) is 1.59. The average molecular weight is 266 g/mol. The molecule has 0 saturated carbocycles. The molecule has 1 heterocycles. The summed E-state index contributed by atoms with van der Waals surface area (Å²) in [5.41, 5.74) is 1.97. The Morgan fingerprint density at radius 2 is 2.29 bits per heavy atom. The van der Waals surface area contributed by atoms with Gasteiger partial charge in [0.1, 0.15) is 0 Å². The molecule has 0 spiro atoms. The minimum atomic E-state index is 0.800. The van der Waals surface area contributed by atoms with Crippen LogP contribution in [0.1, 0.15) is 18.1 Å². The first-order valence-electron chi connectivity index (χ1n) is 4.37. The van der Waals surface area contributed by atoms with Crippen molar-refractivity contribution in [2.24, 2.45) is 0 Å². The number of aryl methyl sites for hydroxylation is 1. The number of nitrogens with zero attached hydrogens (tertiary/aromatic N) is 1. The van der Waals surface area contributed by atoms with Gasteiger partial charge in [-0.3, -0.25) is 0 Å². The standard InChI is InChI=1S/C11H8BrNS/c1-2-9-8(6-13)4-3-7-5-10(12)14-11(7)9/h3-5H,2H2,1H3. The average Bonchev–Trinajstić information content (AvgIpc) is 2.56. The minimum absolute atomic E-state index is 0.800. The van der Waals surface area contributed by atoms with Crippen LogP contribution in [0.2, 0.25) is 0 Å². The van der Waals surface area contributed by atoms with Gasteiger partial charge in [-0.15, -0.1) is 11.3 Å². The van der Waals surface area contributed by atoms with E-state index in [2.05, 4.69) is 35.0 Å². The highest BCUT2D eigenvalue weighted by Crippen LogP contribution is 2.33. The van der Waals surface area contributed by atoms with Crippen LogP contribution in [0.15, 0.2) is 22.0 Å². The molecule has 0 saturated heterocycles. The molecule has 0 N–H and O–H groups in total. The van der Waals surface area contributed by atoms with E-state index in [4.69, 9.17) is 5.26 Å². The van der Waals surface area contributed by atoms with Gasteiger partial charge in [0.2, 0.25) is 0 Å². The third-order valence-electron chi connectivity index (χ3n) is 2.23. The normalized spacial score (nSPS) is 10.4. The number of nitriles is 1. The molecular formula is C11H8BrNS. The molecule has 0 atom stereocenters. The second-order valence-corrected chi connectivity index (χ2v) is 5.46. The quantitative estimate of drug-likeness (QED) is 0.762. The van der Waals surface area contributed by atoms with Gasteiger partial charge < -0.3 is 0 Å². The molecule has 0 aliphatic carbocycles. The largest absolute Gasteiger partial charge is 0.192 e. The van der Waals surface area contributed by atoms with Crippen molar-refractivity contribution in [3.05, 3.63) is 33.1 Å². The number of hydrogen-bond acceptors (Lipinski definition) is 2. The van der Waals surface area contributed by atoms with E-state index >= 15 is 0 Å². The van der Waals surface area contributed by atoms with E-state index in [0.717, 1.165) is 15.8 Å². The van der Waals surface area contributed by atoms with Crippen molar-refractivity contribution < 1.29 is 0 Å². The van der Waals surface area contributed by atoms with E-state index in [1.165, 1.54) is 15.6 Å². The third kappa shape index (κ3) is 1.45. The van der Waals surface area contributed by atoms with Crippen LogP contribution in [-0.2, 0) is 6.42 Å². The van der Waals surface area contributed by atoms with Crippen LogP contribution in [0.4, 0.5) is 0 Å². The lowest BCUT2D eigenvalue weighted by molar-refractivity contribution is 1.15. The number of fused-ring (bicyclic) bond motifs is 1. The fourth-order valence-corrected chi connectivity index (χ4v) is 3.32. The number of rotatable bonds is 1. The van der Waals surface area contributed by atoms with E-state index in [0.29, 0.717) is 0 Å². The number of benzene rings is 1. The Balaban J connectivity index is 2.84. The summed E-state index contributed by atoms with van der Waals surface area (Å²) in [5.74, 6) is 0. The Morgan fingerprint density at radius 1 is 1.50 bits per heavy atom. The first kappa shape index (κ1) is 9.70. The van der Waals surface area contributed by atoms with Gasteiger partial charge in [-0.1, -0.05) is 13.0 Å². The molecule has 70 valence electrons. The van der Waals surface area contributed by atoms with Crippen molar-refractivity contribution in [3.63, 3.8) is 0 Å². The van der Waals surface area contributed by atoms with E-state index in [9.17, 15) is 0 Å². The van der Waals surface area contributed by atoms with Crippen molar-refractivity contribution in [3.8, 4) is 6.07 Å². The van der Waals surface area contributed by atoms with E-state index in [-0.39, 0.29) is 0 Å². The Hall–Kier alpha value is -0.850. The molecular weight excluding hydrogens is 258 g/mol. The molecule has 0 bridgehead atoms. The monoisotopic (exact) mass is 265 g/mol. The van der Waals surface area contributed by atoms with Crippen LogP contribution < -0.4 is 0 Å². The summed E-state index contributed by atoms with van der Waals surface area (Å²) >= 11 is 5.17. The molecule has 0 amide bonds. The molecule has 2 aromatic rings. The molecule has 14 heavy (non-hydrogen) atoms. The molecule has 2 rings (SSSR count). The first-order chi connectivity index (χ1) is 6.76. The van der Waals surface area contributed by atoms with Crippen LogP contribution in [-0.4, -0.2) is 0 Å². The lowest BCUT2D eigenvalue weighted by atomic mass is 10.0. The third-order valence-corrected chi connectivity index (χ3v) is 3.95. The zero-order chi connectivity index (χ0) is 10.1. The summed E-state index contributed by atoms with van der Waals surface area (Å²) in [6, 6.07) is 8.25. The van der Waals surface area contributed by atoms with Crippen LogP contribution in [0.5, 0.6) is 0 Å². The maximum atomic E-state index is 8.96. The fraction of sp³-hybridized carbons (Fsp3) is 0.182. The Morgan fingerprint density at radius 3 is 2.93 bits per heavy atom. The summed E-state index contributed by atoms with van der Waals surface area (Å²) in [5, 5.41) is 10.2. The molecule has 3 heteroatoms. The summed E-state index contributed by atoms with van der Waals surface area (Å²) in [6.07, 6.45) is 0.910. The summed E-state index contributed by atoms with van der Waals surface area (Å²) in [4.78, 5) is 0. The van der Waals surface area contributed by atoms with Gasteiger partial charge in [0.05, 0.1) is 15.4 Å². The Bertz CT molecular complexity index is 522. The first-order valence-corrected chi connectivity index (χ1v) is 5.98. The van der Waals surface area contributed by atoms with E-state index in [1.807, 2.05) is 12.1 Å². The van der Waals surface area contributed by atoms with Crippen LogP contribution >= 0.6 is 27.3 Å². The molecule has 0 aliphatic rings. The van der Waals surface area contributed by atoms with Gasteiger partial charge in [0.25, 0.3) is 0 Å². The Kier molecular flexibility index (Phi) is 2.58. The lowest BCUT2D eigenvalue weighted by Gasteiger charge is -2.01. The van der Waals surface area contributed by atoms with Crippen LogP contribution in [0, 0.1) is 11.3 Å². The predicted molar refractivity (Wildman–Crippen MR) is 63.6 cm³/mol. The smallest absolute Gasteiger partial charge is 0.0995 e. The highest BCUT2D eigenvalue weighted by Gasteiger charge is 2.08. The van der Waals surface area contributed by atoms with Crippen molar-refractivity contribution in [1.29, 1.82) is 5.26 Å². The molecule has 1 nitrogen and oxygen atoms in total. The summed E-state index contributed by atoms with van der Waals surface area (Å²) in [6.45, 7) is 2.09. The minimum Gasteiger partial charge on any atom is -0.192 e.